The fourth-order valence-electron chi connectivity index (χ4n) is 2.29. The quantitative estimate of drug-likeness (QED) is 0.648. The van der Waals surface area contributed by atoms with E-state index < -0.39 is 4.92 Å². The van der Waals surface area contributed by atoms with Gasteiger partial charge in [-0.3, -0.25) is 10.1 Å². The maximum absolute atomic E-state index is 10.6. The van der Waals surface area contributed by atoms with Crippen molar-refractivity contribution in [3.05, 3.63) is 26.9 Å². The van der Waals surface area contributed by atoms with E-state index in [1.807, 2.05) is 11.8 Å². The number of hydrogen-bond acceptors (Lipinski definition) is 5. The Morgan fingerprint density at radius 3 is 3.05 bits per heavy atom. The predicted octanol–water partition coefficient (Wildman–Crippen LogP) is 3.84. The molecule has 1 fully saturated rings. The average Bonchev–Trinajstić information content (AvgIpc) is 2.79. The summed E-state index contributed by atoms with van der Waals surface area (Å²) in [5.41, 5.74) is 0.00302. The molecule has 7 heteroatoms. The van der Waals surface area contributed by atoms with Gasteiger partial charge in [0.05, 0.1) is 9.40 Å². The second-order valence-electron chi connectivity index (χ2n) is 4.51. The molecule has 0 aromatic carbocycles. The van der Waals surface area contributed by atoms with E-state index in [1.165, 1.54) is 18.7 Å². The van der Waals surface area contributed by atoms with Gasteiger partial charge in [0.15, 0.2) is 0 Å². The number of aromatic nitrogens is 1. The van der Waals surface area contributed by atoms with Gasteiger partial charge in [-0.25, -0.2) is 4.98 Å². The molecule has 2 atom stereocenters. The summed E-state index contributed by atoms with van der Waals surface area (Å²) < 4.78 is 0.647. The zero-order valence-electron chi connectivity index (χ0n) is 10.6. The molecule has 1 aromatic rings. The van der Waals surface area contributed by atoms with Crippen LogP contribution in [0.15, 0.2) is 16.7 Å². The van der Waals surface area contributed by atoms with Crippen LogP contribution in [0.2, 0.25) is 0 Å². The molecule has 0 amide bonds. The molecular formula is C12H16BrN3O2S. The molecule has 0 spiro atoms. The highest BCUT2D eigenvalue weighted by Gasteiger charge is 2.25. The average molecular weight is 346 g/mol. The Morgan fingerprint density at radius 1 is 1.63 bits per heavy atom. The molecule has 1 aliphatic rings. The fourth-order valence-corrected chi connectivity index (χ4v) is 3.88. The number of hydrogen-bond donors (Lipinski definition) is 1. The van der Waals surface area contributed by atoms with Crippen molar-refractivity contribution in [3.8, 4) is 0 Å². The Kier molecular flexibility index (Phi) is 5.04. The van der Waals surface area contributed by atoms with Crippen LogP contribution in [0.3, 0.4) is 0 Å². The zero-order valence-corrected chi connectivity index (χ0v) is 13.0. The third-order valence-electron chi connectivity index (χ3n) is 3.17. The SMILES string of the molecule is CCSC1CCC(Nc2ncc([N+](=O)[O-])cc2Br)C1. The zero-order chi connectivity index (χ0) is 13.8. The van der Waals surface area contributed by atoms with E-state index in [1.54, 1.807) is 0 Å². The molecular weight excluding hydrogens is 330 g/mol. The van der Waals surface area contributed by atoms with Crippen molar-refractivity contribution in [2.45, 2.75) is 37.5 Å². The van der Waals surface area contributed by atoms with Crippen LogP contribution in [0.5, 0.6) is 0 Å². The van der Waals surface area contributed by atoms with Gasteiger partial charge in [-0.05, 0) is 40.9 Å². The van der Waals surface area contributed by atoms with Crippen molar-refractivity contribution < 1.29 is 4.92 Å². The summed E-state index contributed by atoms with van der Waals surface area (Å²) in [6.07, 6.45) is 4.77. The minimum atomic E-state index is -0.439. The van der Waals surface area contributed by atoms with Crippen molar-refractivity contribution in [2.24, 2.45) is 0 Å². The maximum Gasteiger partial charge on any atom is 0.288 e. The second kappa shape index (κ2) is 6.56. The lowest BCUT2D eigenvalue weighted by Gasteiger charge is -2.14. The number of nitrogens with zero attached hydrogens (tertiary/aromatic N) is 2. The second-order valence-corrected chi connectivity index (χ2v) is 6.94. The van der Waals surface area contributed by atoms with Crippen LogP contribution in [-0.4, -0.2) is 27.0 Å². The van der Waals surface area contributed by atoms with Gasteiger partial charge in [0.1, 0.15) is 12.0 Å². The number of halogens is 1. The molecule has 1 heterocycles. The van der Waals surface area contributed by atoms with Crippen LogP contribution >= 0.6 is 27.7 Å². The Hall–Kier alpha value is -0.820. The summed E-state index contributed by atoms with van der Waals surface area (Å²) in [5, 5.41) is 14.7. The fraction of sp³-hybridized carbons (Fsp3) is 0.583. The molecule has 1 saturated carbocycles. The molecule has 1 N–H and O–H groups in total. The largest absolute Gasteiger partial charge is 0.366 e. The van der Waals surface area contributed by atoms with Crippen LogP contribution in [0.25, 0.3) is 0 Å². The first-order chi connectivity index (χ1) is 9.10. The highest BCUT2D eigenvalue weighted by Crippen LogP contribution is 2.33. The molecule has 0 aliphatic heterocycles. The van der Waals surface area contributed by atoms with Gasteiger partial charge in [0, 0.05) is 17.4 Å². The monoisotopic (exact) mass is 345 g/mol. The molecule has 2 rings (SSSR count). The predicted molar refractivity (Wildman–Crippen MR) is 81.8 cm³/mol. The first-order valence-electron chi connectivity index (χ1n) is 6.28. The maximum atomic E-state index is 10.6. The van der Waals surface area contributed by atoms with Gasteiger partial charge >= 0.3 is 0 Å². The number of nitrogens with one attached hydrogen (secondary N) is 1. The normalized spacial score (nSPS) is 22.4. The summed E-state index contributed by atoms with van der Waals surface area (Å²) in [7, 11) is 0. The lowest BCUT2D eigenvalue weighted by atomic mass is 10.2. The molecule has 2 unspecified atom stereocenters. The van der Waals surface area contributed by atoms with Crippen molar-refractivity contribution >= 4 is 39.2 Å². The Morgan fingerprint density at radius 2 is 2.42 bits per heavy atom. The highest BCUT2D eigenvalue weighted by atomic mass is 79.9. The van der Waals surface area contributed by atoms with Crippen LogP contribution in [0.4, 0.5) is 11.5 Å². The number of nitro groups is 1. The van der Waals surface area contributed by atoms with E-state index in [0.29, 0.717) is 16.3 Å². The molecule has 1 aromatic heterocycles. The summed E-state index contributed by atoms with van der Waals surface area (Å²) in [5.74, 6) is 1.84. The summed E-state index contributed by atoms with van der Waals surface area (Å²) in [6, 6.07) is 1.90. The van der Waals surface area contributed by atoms with Gasteiger partial charge in [0.2, 0.25) is 0 Å². The number of thioether (sulfide) groups is 1. The minimum Gasteiger partial charge on any atom is -0.366 e. The number of rotatable bonds is 5. The first-order valence-corrected chi connectivity index (χ1v) is 8.12. The van der Waals surface area contributed by atoms with Crippen LogP contribution in [-0.2, 0) is 0 Å². The summed E-state index contributed by atoms with van der Waals surface area (Å²) in [6.45, 7) is 2.18. The standard InChI is InChI=1S/C12H16BrN3O2S/c1-2-19-10-4-3-8(5-10)15-12-11(13)6-9(7-14-12)16(17)18/h6-8,10H,2-5H2,1H3,(H,14,15). The molecule has 0 saturated heterocycles. The van der Waals surface area contributed by atoms with Crippen molar-refractivity contribution in [3.63, 3.8) is 0 Å². The lowest BCUT2D eigenvalue weighted by molar-refractivity contribution is -0.385. The van der Waals surface area contributed by atoms with Gasteiger partial charge in [-0.2, -0.15) is 11.8 Å². The first kappa shape index (κ1) is 14.6. The van der Waals surface area contributed by atoms with Gasteiger partial charge in [0.25, 0.3) is 5.69 Å². The lowest BCUT2D eigenvalue weighted by Crippen LogP contribution is -2.17. The molecule has 0 bridgehead atoms. The molecule has 19 heavy (non-hydrogen) atoms. The number of anilines is 1. The van der Waals surface area contributed by atoms with Crippen molar-refractivity contribution in [2.75, 3.05) is 11.1 Å². The number of pyridine rings is 1. The van der Waals surface area contributed by atoms with Crippen LogP contribution < -0.4 is 5.32 Å². The Labute approximate surface area is 124 Å². The van der Waals surface area contributed by atoms with Crippen molar-refractivity contribution in [1.29, 1.82) is 0 Å². The van der Waals surface area contributed by atoms with E-state index in [2.05, 4.69) is 33.2 Å². The molecule has 1 aliphatic carbocycles. The van der Waals surface area contributed by atoms with E-state index in [9.17, 15) is 10.1 Å². The van der Waals surface area contributed by atoms with Crippen molar-refractivity contribution in [1.82, 2.24) is 4.98 Å². The van der Waals surface area contributed by atoms with E-state index in [0.717, 1.165) is 23.8 Å². The third kappa shape index (κ3) is 3.82. The molecule has 0 radical (unpaired) electrons. The van der Waals surface area contributed by atoms with E-state index in [-0.39, 0.29) is 5.69 Å². The van der Waals surface area contributed by atoms with Gasteiger partial charge in [-0.1, -0.05) is 6.92 Å². The molecule has 104 valence electrons. The third-order valence-corrected chi connectivity index (χ3v) is 5.00. The van der Waals surface area contributed by atoms with Crippen LogP contribution in [0, 0.1) is 10.1 Å². The Bertz CT molecular complexity index is 472. The molecule has 5 nitrogen and oxygen atoms in total. The van der Waals surface area contributed by atoms with Gasteiger partial charge in [-0.15, -0.1) is 0 Å². The summed E-state index contributed by atoms with van der Waals surface area (Å²) in [4.78, 5) is 14.3. The summed E-state index contributed by atoms with van der Waals surface area (Å²) >= 11 is 5.34. The smallest absolute Gasteiger partial charge is 0.288 e. The minimum absolute atomic E-state index is 0.00302. The van der Waals surface area contributed by atoms with Gasteiger partial charge < -0.3 is 5.32 Å². The Balaban J connectivity index is 1.98. The van der Waals surface area contributed by atoms with E-state index >= 15 is 0 Å². The topological polar surface area (TPSA) is 68.1 Å². The highest BCUT2D eigenvalue weighted by molar-refractivity contribution is 9.10. The van der Waals surface area contributed by atoms with Crippen LogP contribution in [0.1, 0.15) is 26.2 Å². The van der Waals surface area contributed by atoms with E-state index in [4.69, 9.17) is 0 Å².